The van der Waals surface area contributed by atoms with E-state index in [0.29, 0.717) is 18.2 Å². The van der Waals surface area contributed by atoms with Crippen molar-refractivity contribution in [3.05, 3.63) is 65.7 Å². The van der Waals surface area contributed by atoms with Crippen LogP contribution in [-0.2, 0) is 10.0 Å². The van der Waals surface area contributed by atoms with E-state index in [0.717, 1.165) is 25.9 Å². The first-order valence-corrected chi connectivity index (χ1v) is 11.6. The van der Waals surface area contributed by atoms with Gasteiger partial charge in [-0.15, -0.1) is 0 Å². The van der Waals surface area contributed by atoms with Crippen molar-refractivity contribution in [2.24, 2.45) is 0 Å². The lowest BCUT2D eigenvalue weighted by atomic mass is 10.00. The molecule has 1 unspecified atom stereocenters. The second-order valence-corrected chi connectivity index (χ2v) is 9.16. The van der Waals surface area contributed by atoms with E-state index in [9.17, 15) is 13.2 Å². The smallest absolute Gasteiger partial charge is 0.251 e. The molecule has 0 saturated carbocycles. The van der Waals surface area contributed by atoms with Crippen LogP contribution >= 0.6 is 0 Å². The first-order chi connectivity index (χ1) is 13.9. The van der Waals surface area contributed by atoms with Gasteiger partial charge in [-0.1, -0.05) is 37.3 Å². The lowest BCUT2D eigenvalue weighted by Gasteiger charge is -2.36. The Morgan fingerprint density at radius 2 is 1.69 bits per heavy atom. The Hall–Kier alpha value is -2.22. The fraction of sp³-hybridized carbons (Fsp3) is 0.409. The Kier molecular flexibility index (Phi) is 7.05. The van der Waals surface area contributed by atoms with Crippen molar-refractivity contribution >= 4 is 15.9 Å². The molecule has 0 spiro atoms. The van der Waals surface area contributed by atoms with E-state index in [1.54, 1.807) is 19.1 Å². The van der Waals surface area contributed by atoms with Crippen LogP contribution < -0.4 is 10.0 Å². The highest BCUT2D eigenvalue weighted by atomic mass is 32.2. The van der Waals surface area contributed by atoms with E-state index in [-0.39, 0.29) is 16.8 Å². The van der Waals surface area contributed by atoms with Gasteiger partial charge in [0.1, 0.15) is 0 Å². The summed E-state index contributed by atoms with van der Waals surface area (Å²) in [5.41, 5.74) is 1.78. The molecule has 0 aliphatic carbocycles. The summed E-state index contributed by atoms with van der Waals surface area (Å²) in [5, 5.41) is 3.09. The minimum Gasteiger partial charge on any atom is -0.349 e. The van der Waals surface area contributed by atoms with Crippen LogP contribution in [0.15, 0.2) is 59.5 Å². The molecule has 3 rings (SSSR count). The molecule has 1 saturated heterocycles. The molecule has 1 amide bonds. The Labute approximate surface area is 173 Å². The van der Waals surface area contributed by atoms with Gasteiger partial charge in [0, 0.05) is 37.3 Å². The lowest BCUT2D eigenvalue weighted by molar-refractivity contribution is 0.0896. The van der Waals surface area contributed by atoms with E-state index in [4.69, 9.17) is 0 Å². The van der Waals surface area contributed by atoms with Crippen molar-refractivity contribution < 1.29 is 13.2 Å². The molecule has 6 nitrogen and oxygen atoms in total. The average molecular weight is 416 g/mol. The van der Waals surface area contributed by atoms with E-state index in [1.807, 2.05) is 6.07 Å². The van der Waals surface area contributed by atoms with Crippen LogP contribution in [0, 0.1) is 0 Å². The zero-order chi connectivity index (χ0) is 20.9. The molecular weight excluding hydrogens is 386 g/mol. The quantitative estimate of drug-likeness (QED) is 0.729. The van der Waals surface area contributed by atoms with Gasteiger partial charge in [0.25, 0.3) is 5.91 Å². The van der Waals surface area contributed by atoms with Crippen molar-refractivity contribution in [3.8, 4) is 0 Å². The van der Waals surface area contributed by atoms with Crippen molar-refractivity contribution in [3.63, 3.8) is 0 Å². The maximum atomic E-state index is 12.5. The van der Waals surface area contributed by atoms with E-state index in [2.05, 4.69) is 46.1 Å². The summed E-state index contributed by atoms with van der Waals surface area (Å²) < 4.78 is 26.4. The highest BCUT2D eigenvalue weighted by Crippen LogP contribution is 2.24. The van der Waals surface area contributed by atoms with Crippen molar-refractivity contribution in [1.82, 2.24) is 14.9 Å². The van der Waals surface area contributed by atoms with Crippen LogP contribution in [0.1, 0.15) is 48.7 Å². The van der Waals surface area contributed by atoms with E-state index >= 15 is 0 Å². The first kappa shape index (κ1) is 21.5. The van der Waals surface area contributed by atoms with E-state index in [1.165, 1.54) is 17.7 Å². The number of hydrogen-bond acceptors (Lipinski definition) is 4. The summed E-state index contributed by atoms with van der Waals surface area (Å²) in [5.74, 6) is -0.160. The highest BCUT2D eigenvalue weighted by Gasteiger charge is 2.25. The molecule has 29 heavy (non-hydrogen) atoms. The summed E-state index contributed by atoms with van der Waals surface area (Å²) >= 11 is 0. The van der Waals surface area contributed by atoms with Crippen LogP contribution in [0.2, 0.25) is 0 Å². The average Bonchev–Trinajstić information content (AvgIpc) is 2.74. The van der Waals surface area contributed by atoms with Gasteiger partial charge in [-0.2, -0.15) is 0 Å². The number of carbonyl (C=O) groups is 1. The van der Waals surface area contributed by atoms with Gasteiger partial charge in [0.15, 0.2) is 0 Å². The number of carbonyl (C=O) groups excluding carboxylic acids is 1. The van der Waals surface area contributed by atoms with E-state index < -0.39 is 10.0 Å². The number of piperidine rings is 1. The van der Waals surface area contributed by atoms with Crippen LogP contribution in [0.4, 0.5) is 0 Å². The summed E-state index contributed by atoms with van der Waals surface area (Å²) in [6.07, 6.45) is 1.80. The van der Waals surface area contributed by atoms with Gasteiger partial charge in [0.2, 0.25) is 10.0 Å². The molecule has 0 radical (unpaired) electrons. The number of likely N-dealkylation sites (tertiary alicyclic amines) is 1. The molecule has 0 bridgehead atoms. The number of benzene rings is 2. The molecule has 0 aromatic heterocycles. The summed E-state index contributed by atoms with van der Waals surface area (Å²) in [7, 11) is -3.50. The van der Waals surface area contributed by atoms with Gasteiger partial charge in [0.05, 0.1) is 4.90 Å². The summed E-state index contributed by atoms with van der Waals surface area (Å²) in [6.45, 7) is 6.14. The lowest BCUT2D eigenvalue weighted by Crippen LogP contribution is -2.45. The van der Waals surface area contributed by atoms with Crippen molar-refractivity contribution in [2.45, 2.75) is 43.7 Å². The SMILES string of the molecule is CCNS(=O)(=O)c1ccc(C(=O)NC2CCN(C(C)c3ccccc3)CC2)cc1. The Balaban J connectivity index is 1.53. The molecule has 1 aliphatic rings. The topological polar surface area (TPSA) is 78.5 Å². The summed E-state index contributed by atoms with van der Waals surface area (Å²) in [6, 6.07) is 17.0. The van der Waals surface area contributed by atoms with Crippen LogP contribution in [0.25, 0.3) is 0 Å². The Morgan fingerprint density at radius 3 is 2.28 bits per heavy atom. The zero-order valence-electron chi connectivity index (χ0n) is 17.0. The monoisotopic (exact) mass is 415 g/mol. The maximum Gasteiger partial charge on any atom is 0.251 e. The van der Waals surface area contributed by atoms with Crippen molar-refractivity contribution in [2.75, 3.05) is 19.6 Å². The van der Waals surface area contributed by atoms with Gasteiger partial charge in [-0.25, -0.2) is 13.1 Å². The molecule has 2 aromatic rings. The standard InChI is InChI=1S/C22H29N3O3S/c1-3-23-29(27,28)21-11-9-19(10-12-21)22(26)24-20-13-15-25(16-14-20)17(2)18-7-5-4-6-8-18/h4-12,17,20,23H,3,13-16H2,1-2H3,(H,24,26). The van der Waals surface area contributed by atoms with Gasteiger partial charge in [-0.3, -0.25) is 9.69 Å². The number of rotatable bonds is 7. The number of hydrogen-bond donors (Lipinski definition) is 2. The molecule has 2 aromatic carbocycles. The fourth-order valence-electron chi connectivity index (χ4n) is 3.70. The van der Waals surface area contributed by atoms with Crippen molar-refractivity contribution in [1.29, 1.82) is 0 Å². The fourth-order valence-corrected chi connectivity index (χ4v) is 4.74. The predicted octanol–water partition coefficient (Wildman–Crippen LogP) is 2.94. The minimum atomic E-state index is -3.50. The molecule has 1 aliphatic heterocycles. The third kappa shape index (κ3) is 5.44. The summed E-state index contributed by atoms with van der Waals surface area (Å²) in [4.78, 5) is 15.2. The molecule has 1 atom stereocenters. The van der Waals surface area contributed by atoms with Gasteiger partial charge >= 0.3 is 0 Å². The van der Waals surface area contributed by atoms with Crippen LogP contribution in [-0.4, -0.2) is 44.9 Å². The first-order valence-electron chi connectivity index (χ1n) is 10.1. The Morgan fingerprint density at radius 1 is 1.07 bits per heavy atom. The largest absolute Gasteiger partial charge is 0.349 e. The molecule has 156 valence electrons. The number of sulfonamides is 1. The van der Waals surface area contributed by atoms with Crippen LogP contribution in [0.5, 0.6) is 0 Å². The zero-order valence-corrected chi connectivity index (χ0v) is 17.8. The normalized spacial score (nSPS) is 17.0. The van der Waals surface area contributed by atoms with Gasteiger partial charge < -0.3 is 5.32 Å². The second-order valence-electron chi connectivity index (χ2n) is 7.40. The molecule has 1 fully saturated rings. The third-order valence-corrected chi connectivity index (χ3v) is 7.02. The second kappa shape index (κ2) is 9.52. The maximum absolute atomic E-state index is 12.5. The number of nitrogens with zero attached hydrogens (tertiary/aromatic N) is 1. The number of nitrogens with one attached hydrogen (secondary N) is 2. The molecule has 2 N–H and O–H groups in total. The van der Waals surface area contributed by atoms with Crippen LogP contribution in [0.3, 0.4) is 0 Å². The van der Waals surface area contributed by atoms with Gasteiger partial charge in [-0.05, 0) is 49.6 Å². The molecule has 1 heterocycles. The Bertz CT molecular complexity index is 906. The molecular formula is C22H29N3O3S. The molecule has 7 heteroatoms. The highest BCUT2D eigenvalue weighted by molar-refractivity contribution is 7.89. The minimum absolute atomic E-state index is 0.131. The number of amides is 1. The predicted molar refractivity (Wildman–Crippen MR) is 114 cm³/mol. The third-order valence-electron chi connectivity index (χ3n) is 5.46.